The molecule has 2 rings (SSSR count). The van der Waals surface area contributed by atoms with Crippen molar-refractivity contribution in [2.45, 2.75) is 146 Å². The lowest BCUT2D eigenvalue weighted by molar-refractivity contribution is -0.461. The van der Waals surface area contributed by atoms with E-state index in [2.05, 4.69) is 0 Å². The second kappa shape index (κ2) is 24.2. The summed E-state index contributed by atoms with van der Waals surface area (Å²) in [5.74, 6) is -124. The summed E-state index contributed by atoms with van der Waals surface area (Å²) in [6.45, 7) is -4.90. The fourth-order valence-electron chi connectivity index (χ4n) is 6.60. The molecule has 2 aromatic carbocycles. The van der Waals surface area contributed by atoms with Crippen LogP contribution in [0.5, 0.6) is 17.2 Å². The van der Waals surface area contributed by atoms with Gasteiger partial charge < -0.3 is 34.6 Å². The number of aliphatic hydroxyl groups is 4. The molecule has 0 aliphatic heterocycles. The molecule has 83 heavy (non-hydrogen) atoms. The van der Waals surface area contributed by atoms with Gasteiger partial charge in [-0.1, -0.05) is 18.2 Å². The summed E-state index contributed by atoms with van der Waals surface area (Å²) in [5.41, 5.74) is -0.0331. The summed E-state index contributed by atoms with van der Waals surface area (Å²) in [6.07, 6.45) is -33.9. The Hall–Kier alpha value is -4.70. The minimum absolute atomic E-state index is 0.0183. The molecule has 0 aromatic heterocycles. The maximum absolute atomic E-state index is 14.9. The van der Waals surface area contributed by atoms with Gasteiger partial charge in [0.05, 0.1) is 19.8 Å². The number of ether oxygens (including phenoxy) is 3. The van der Waals surface area contributed by atoms with Crippen molar-refractivity contribution in [2.75, 3.05) is 33.0 Å². The van der Waals surface area contributed by atoms with Crippen molar-refractivity contribution in [3.05, 3.63) is 42.5 Å². The number of halogens is 34. The largest absolute Gasteiger partial charge is 0.491 e. The average Bonchev–Trinajstić information content (AvgIpc) is 3.55. The summed E-state index contributed by atoms with van der Waals surface area (Å²) < 4.78 is 487. The number of rotatable bonds is 32. The number of aliphatic hydroxyl groups excluding tert-OH is 4. The average molecular weight is 1300 g/mol. The van der Waals surface area contributed by atoms with E-state index in [9.17, 15) is 159 Å². The van der Waals surface area contributed by atoms with Crippen LogP contribution < -0.4 is 14.2 Å². The van der Waals surface area contributed by atoms with Gasteiger partial charge in [0.1, 0.15) is 31.2 Å². The van der Waals surface area contributed by atoms with E-state index in [0.29, 0.717) is 0 Å². The molecule has 2 atom stereocenters. The zero-order chi connectivity index (χ0) is 65.5. The van der Waals surface area contributed by atoms with Crippen LogP contribution in [0.3, 0.4) is 0 Å². The molecule has 0 heterocycles. The van der Waals surface area contributed by atoms with Crippen molar-refractivity contribution >= 4 is 0 Å². The Labute approximate surface area is 440 Å². The molecule has 0 aliphatic rings. The zero-order valence-electron chi connectivity index (χ0n) is 39.9. The van der Waals surface area contributed by atoms with E-state index in [1.165, 1.54) is 24.3 Å². The number of hydrogen-bond donors (Lipinski definition) is 4. The number of benzene rings is 2. The van der Waals surface area contributed by atoms with E-state index in [-0.39, 0.29) is 16.9 Å². The van der Waals surface area contributed by atoms with E-state index >= 15 is 0 Å². The highest BCUT2D eigenvalue weighted by atomic mass is 19.4. The summed E-state index contributed by atoms with van der Waals surface area (Å²) >= 11 is 0. The molecule has 41 heteroatoms. The molecule has 0 saturated heterocycles. The minimum Gasteiger partial charge on any atom is -0.491 e. The van der Waals surface area contributed by atoms with Gasteiger partial charge in [0.2, 0.25) is 0 Å². The number of alkyl halides is 34. The van der Waals surface area contributed by atoms with E-state index in [1.807, 2.05) is 0 Å². The van der Waals surface area contributed by atoms with Gasteiger partial charge in [-0.25, -0.2) is 0 Å². The molecule has 2 unspecified atom stereocenters. The summed E-state index contributed by atoms with van der Waals surface area (Å²) in [5, 5.41) is 37.3. The first-order chi connectivity index (χ1) is 36.8. The molecule has 7 nitrogen and oxygen atoms in total. The second-order valence-electron chi connectivity index (χ2n) is 17.7. The van der Waals surface area contributed by atoms with Crippen LogP contribution in [-0.4, -0.2) is 161 Å². The van der Waals surface area contributed by atoms with Gasteiger partial charge in [0.25, 0.3) is 0 Å². The Kier molecular flexibility index (Phi) is 21.7. The first-order valence-corrected chi connectivity index (χ1v) is 21.9. The monoisotopic (exact) mass is 1300 g/mol. The van der Waals surface area contributed by atoms with Crippen LogP contribution in [0.4, 0.5) is 149 Å². The van der Waals surface area contributed by atoms with Gasteiger partial charge in [0, 0.05) is 12.8 Å². The molecule has 0 radical (unpaired) electrons. The standard InChI is InChI=1S/C42H36F34O7/c43-27(44,29(47,48)31(51,52)33(55,56)35(59,60)37(63,64)39(67,68)41(71,72)73)11-1-3-19(4-2-12-28(45,46)30(49,50)32(53,54)34(57,58)36(61,62)38(65,66)40(69,70)42(74,75)76)16-82-26-13-21(7-10-25(26)83-18-23(80)15-78)20-5-8-24(9-6-20)81-17-22(79)14-77/h5-10,13,19,22-23,77-80H,1-4,11-12,14-18H2. The van der Waals surface area contributed by atoms with Gasteiger partial charge in [0.15, 0.2) is 11.5 Å². The van der Waals surface area contributed by atoms with E-state index < -0.39 is 196 Å². The van der Waals surface area contributed by atoms with Crippen LogP contribution in [0.25, 0.3) is 11.1 Å². The van der Waals surface area contributed by atoms with Crippen molar-refractivity contribution in [1.82, 2.24) is 0 Å². The fourth-order valence-corrected chi connectivity index (χ4v) is 6.60. The van der Waals surface area contributed by atoms with Crippen molar-refractivity contribution < 1.29 is 184 Å². The molecular weight excluding hydrogens is 1260 g/mol. The van der Waals surface area contributed by atoms with Crippen LogP contribution in [-0.2, 0) is 0 Å². The quantitative estimate of drug-likeness (QED) is 0.0541. The summed E-state index contributed by atoms with van der Waals surface area (Å²) in [6, 6.07) is 7.52. The van der Waals surface area contributed by atoms with Crippen LogP contribution in [0.15, 0.2) is 42.5 Å². The van der Waals surface area contributed by atoms with Crippen LogP contribution in [0.1, 0.15) is 38.5 Å². The van der Waals surface area contributed by atoms with Crippen LogP contribution >= 0.6 is 0 Å². The van der Waals surface area contributed by atoms with Crippen molar-refractivity contribution in [3.8, 4) is 28.4 Å². The van der Waals surface area contributed by atoms with Crippen LogP contribution in [0.2, 0.25) is 0 Å². The predicted octanol–water partition coefficient (Wildman–Crippen LogP) is 14.2. The summed E-state index contributed by atoms with van der Waals surface area (Å²) in [4.78, 5) is 0. The van der Waals surface area contributed by atoms with Gasteiger partial charge in [-0.05, 0) is 67.0 Å². The Balaban J connectivity index is 2.72. The molecule has 0 saturated carbocycles. The van der Waals surface area contributed by atoms with E-state index in [1.54, 1.807) is 0 Å². The molecular formula is C42H36F34O7. The highest BCUT2D eigenvalue weighted by molar-refractivity contribution is 5.67. The molecule has 0 amide bonds. The lowest BCUT2D eigenvalue weighted by Crippen LogP contribution is -2.74. The molecule has 0 aliphatic carbocycles. The predicted molar refractivity (Wildman–Crippen MR) is 207 cm³/mol. The van der Waals surface area contributed by atoms with Gasteiger partial charge in [-0.15, -0.1) is 0 Å². The number of hydrogen-bond acceptors (Lipinski definition) is 7. The Morgan fingerprint density at radius 2 is 0.614 bits per heavy atom. The normalized spacial score (nSPS) is 15.9. The first kappa shape index (κ1) is 74.4. The molecule has 0 spiro atoms. The fraction of sp³-hybridized carbons (Fsp3) is 0.714. The topological polar surface area (TPSA) is 109 Å². The second-order valence-corrected chi connectivity index (χ2v) is 17.7. The maximum atomic E-state index is 14.9. The van der Waals surface area contributed by atoms with Crippen molar-refractivity contribution in [1.29, 1.82) is 0 Å². The smallest absolute Gasteiger partial charge is 0.460 e. The highest BCUT2D eigenvalue weighted by Gasteiger charge is 2.97. The molecule has 0 fully saturated rings. The lowest BCUT2D eigenvalue weighted by Gasteiger charge is -2.43. The first-order valence-electron chi connectivity index (χ1n) is 21.9. The highest BCUT2D eigenvalue weighted by Crippen LogP contribution is 2.66. The van der Waals surface area contributed by atoms with Crippen molar-refractivity contribution in [3.63, 3.8) is 0 Å². The van der Waals surface area contributed by atoms with Gasteiger partial charge in [-0.2, -0.15) is 149 Å². The third-order valence-corrected chi connectivity index (χ3v) is 11.7. The maximum Gasteiger partial charge on any atom is 0.460 e. The Bertz CT molecular complexity index is 2320. The Morgan fingerprint density at radius 1 is 0.325 bits per heavy atom. The minimum atomic E-state index is -9.07. The lowest BCUT2D eigenvalue weighted by atomic mass is 9.86. The van der Waals surface area contributed by atoms with Gasteiger partial charge >= 0.3 is 95.3 Å². The van der Waals surface area contributed by atoms with E-state index in [4.69, 9.17) is 24.4 Å². The molecule has 2 aromatic rings. The molecule has 484 valence electrons. The van der Waals surface area contributed by atoms with E-state index in [0.717, 1.165) is 18.2 Å². The zero-order valence-corrected chi connectivity index (χ0v) is 39.9. The molecule has 4 N–H and O–H groups in total. The molecule has 0 bridgehead atoms. The third-order valence-electron chi connectivity index (χ3n) is 11.7. The summed E-state index contributed by atoms with van der Waals surface area (Å²) in [7, 11) is 0. The SMILES string of the molecule is OCC(O)COc1ccc(-c2ccc(OCC(O)CO)c(OCC(CCCC(F)(F)C(F)(F)C(F)(F)C(F)(F)C(F)(F)C(F)(F)C(F)(F)C(F)(F)F)CCCC(F)(F)C(F)(F)C(F)(F)C(F)(F)C(F)(F)C(F)(F)C(F)(F)C(F)(F)F)c2)cc1. The van der Waals surface area contributed by atoms with Crippen LogP contribution in [0, 0.1) is 5.92 Å². The Morgan fingerprint density at radius 3 is 0.940 bits per heavy atom. The third kappa shape index (κ3) is 13.3. The van der Waals surface area contributed by atoms with Crippen molar-refractivity contribution in [2.24, 2.45) is 5.92 Å². The van der Waals surface area contributed by atoms with Gasteiger partial charge in [-0.3, -0.25) is 0 Å².